The second-order valence-corrected chi connectivity index (χ2v) is 4.58. The summed E-state index contributed by atoms with van der Waals surface area (Å²) in [5, 5.41) is 23.2. The minimum absolute atomic E-state index is 0.00645. The largest absolute Gasteiger partial charge is 0.309 e. The molecule has 2 aromatic heterocycles. The quantitative estimate of drug-likeness (QED) is 0.598. The van der Waals surface area contributed by atoms with Gasteiger partial charge in [0.05, 0.1) is 11.1 Å². The molecule has 0 unspecified atom stereocenters. The predicted octanol–water partition coefficient (Wildman–Crippen LogP) is 1.01. The van der Waals surface area contributed by atoms with E-state index in [0.717, 1.165) is 0 Å². The Kier molecular flexibility index (Phi) is 2.64. The van der Waals surface area contributed by atoms with Gasteiger partial charge in [0.15, 0.2) is 0 Å². The van der Waals surface area contributed by atoms with Crippen molar-refractivity contribution in [2.45, 2.75) is 26.3 Å². The molecule has 18 heavy (non-hydrogen) atoms. The summed E-state index contributed by atoms with van der Waals surface area (Å²) in [6, 6.07) is 0. The van der Waals surface area contributed by atoms with Gasteiger partial charge in [-0.05, 0) is 20.8 Å². The lowest BCUT2D eigenvalue weighted by molar-refractivity contribution is -0.385. The van der Waals surface area contributed by atoms with Crippen LogP contribution in [0.4, 0.5) is 5.69 Å². The molecule has 0 aliphatic carbocycles. The first-order valence-corrected chi connectivity index (χ1v) is 5.40. The Morgan fingerprint density at radius 1 is 1.39 bits per heavy atom. The van der Waals surface area contributed by atoms with Crippen LogP contribution in [0.25, 0.3) is 0 Å². The molecule has 0 amide bonds. The van der Waals surface area contributed by atoms with E-state index in [1.165, 1.54) is 11.0 Å². The number of rotatable bonds is 3. The van der Waals surface area contributed by atoms with Gasteiger partial charge in [0.1, 0.15) is 23.1 Å². The van der Waals surface area contributed by atoms with Gasteiger partial charge in [-0.3, -0.25) is 14.8 Å². The lowest BCUT2D eigenvalue weighted by Crippen LogP contribution is -2.29. The van der Waals surface area contributed by atoms with Gasteiger partial charge < -0.3 is 0 Å². The molecule has 0 atom stereocenters. The van der Waals surface area contributed by atoms with E-state index < -0.39 is 10.5 Å². The van der Waals surface area contributed by atoms with Crippen LogP contribution in [0.15, 0.2) is 12.4 Å². The van der Waals surface area contributed by atoms with Crippen LogP contribution in [0.5, 0.6) is 0 Å². The van der Waals surface area contributed by atoms with Crippen LogP contribution >= 0.6 is 0 Å². The second kappa shape index (κ2) is 3.90. The van der Waals surface area contributed by atoms with E-state index in [0.29, 0.717) is 11.4 Å². The first-order valence-electron chi connectivity index (χ1n) is 5.40. The van der Waals surface area contributed by atoms with Gasteiger partial charge in [0, 0.05) is 7.05 Å². The van der Waals surface area contributed by atoms with Gasteiger partial charge >= 0.3 is 5.69 Å². The number of aromatic nitrogens is 5. The molecule has 0 fully saturated rings. The Bertz CT molecular complexity index is 597. The number of aryl methyl sites for hydroxylation is 2. The second-order valence-electron chi connectivity index (χ2n) is 4.58. The van der Waals surface area contributed by atoms with Crippen molar-refractivity contribution in [3.8, 4) is 0 Å². The lowest BCUT2D eigenvalue weighted by atomic mass is 10.0. The smallest absolute Gasteiger partial charge is 0.258 e. The number of nitro groups is 1. The Morgan fingerprint density at radius 2 is 2.06 bits per heavy atom. The maximum Gasteiger partial charge on any atom is 0.309 e. The fraction of sp³-hybridized carbons (Fsp3) is 0.500. The fourth-order valence-corrected chi connectivity index (χ4v) is 1.66. The molecular formula is C10H14N6O2. The highest BCUT2D eigenvalue weighted by Crippen LogP contribution is 2.26. The molecule has 0 aliphatic heterocycles. The molecule has 0 saturated heterocycles. The molecule has 0 saturated carbocycles. The summed E-state index contributed by atoms with van der Waals surface area (Å²) in [5.74, 6) is 0. The fourth-order valence-electron chi connectivity index (χ4n) is 1.66. The van der Waals surface area contributed by atoms with Gasteiger partial charge in [-0.1, -0.05) is 0 Å². The van der Waals surface area contributed by atoms with Gasteiger partial charge in [-0.15, -0.1) is 0 Å². The first kappa shape index (κ1) is 12.2. The van der Waals surface area contributed by atoms with Gasteiger partial charge in [-0.25, -0.2) is 0 Å². The summed E-state index contributed by atoms with van der Waals surface area (Å²) in [4.78, 5) is 11.8. The standard InChI is InChI=1S/C10H14N6O2/c1-7-8(16(17)18)6-15(12-7)10(2,3)9-5-11-14(4)13-9/h5-6H,1-4H3. The zero-order valence-corrected chi connectivity index (χ0v) is 10.7. The molecule has 0 spiro atoms. The molecule has 0 radical (unpaired) electrons. The molecule has 0 N–H and O–H groups in total. The van der Waals surface area contributed by atoms with Crippen LogP contribution in [0, 0.1) is 17.0 Å². The third-order valence-corrected chi connectivity index (χ3v) is 2.87. The van der Waals surface area contributed by atoms with Crippen LogP contribution < -0.4 is 0 Å². The van der Waals surface area contributed by atoms with E-state index in [4.69, 9.17) is 0 Å². The Labute approximate surface area is 103 Å². The molecular weight excluding hydrogens is 236 g/mol. The van der Waals surface area contributed by atoms with E-state index in [1.807, 2.05) is 13.8 Å². The van der Waals surface area contributed by atoms with Crippen molar-refractivity contribution in [1.82, 2.24) is 24.8 Å². The van der Waals surface area contributed by atoms with Crippen molar-refractivity contribution >= 4 is 5.69 Å². The van der Waals surface area contributed by atoms with Crippen LogP contribution in [-0.2, 0) is 12.6 Å². The predicted molar refractivity (Wildman–Crippen MR) is 63.0 cm³/mol. The molecule has 8 heteroatoms. The van der Waals surface area contributed by atoms with Crippen molar-refractivity contribution in [2.75, 3.05) is 0 Å². The Balaban J connectivity index is 2.47. The maximum atomic E-state index is 10.8. The zero-order chi connectivity index (χ0) is 13.5. The minimum Gasteiger partial charge on any atom is -0.258 e. The van der Waals surface area contributed by atoms with Crippen molar-refractivity contribution in [3.05, 3.63) is 33.9 Å². The molecule has 0 bridgehead atoms. The summed E-state index contributed by atoms with van der Waals surface area (Å²) in [5.41, 5.74) is 0.499. The van der Waals surface area contributed by atoms with E-state index in [1.54, 1.807) is 24.9 Å². The van der Waals surface area contributed by atoms with Gasteiger partial charge in [-0.2, -0.15) is 20.1 Å². The highest BCUT2D eigenvalue weighted by atomic mass is 16.6. The molecule has 2 heterocycles. The van der Waals surface area contributed by atoms with Crippen LogP contribution in [0.2, 0.25) is 0 Å². The van der Waals surface area contributed by atoms with Crippen LogP contribution in [0.1, 0.15) is 25.2 Å². The van der Waals surface area contributed by atoms with Crippen LogP contribution in [0.3, 0.4) is 0 Å². The molecule has 2 aromatic rings. The minimum atomic E-state index is -0.590. The summed E-state index contributed by atoms with van der Waals surface area (Å²) < 4.78 is 1.55. The van der Waals surface area contributed by atoms with Crippen LogP contribution in [-0.4, -0.2) is 29.7 Å². The van der Waals surface area contributed by atoms with Gasteiger partial charge in [0.25, 0.3) is 0 Å². The van der Waals surface area contributed by atoms with E-state index in [2.05, 4.69) is 15.3 Å². The number of hydrogen-bond acceptors (Lipinski definition) is 5. The Morgan fingerprint density at radius 3 is 2.50 bits per heavy atom. The Hall–Kier alpha value is -2.25. The molecule has 96 valence electrons. The summed E-state index contributed by atoms with van der Waals surface area (Å²) >= 11 is 0. The monoisotopic (exact) mass is 250 g/mol. The maximum absolute atomic E-state index is 10.8. The highest BCUT2D eigenvalue weighted by Gasteiger charge is 2.30. The normalized spacial score (nSPS) is 11.8. The SMILES string of the molecule is Cc1nn(C(C)(C)c2cnn(C)n2)cc1[N+](=O)[O-]. The molecule has 8 nitrogen and oxygen atoms in total. The topological polar surface area (TPSA) is 91.7 Å². The average Bonchev–Trinajstić information content (AvgIpc) is 2.84. The number of hydrogen-bond donors (Lipinski definition) is 0. The summed E-state index contributed by atoms with van der Waals surface area (Å²) in [6.07, 6.45) is 3.05. The molecule has 0 aliphatic rings. The average molecular weight is 250 g/mol. The van der Waals surface area contributed by atoms with Crippen molar-refractivity contribution in [1.29, 1.82) is 0 Å². The first-order chi connectivity index (χ1) is 8.32. The van der Waals surface area contributed by atoms with Crippen molar-refractivity contribution in [2.24, 2.45) is 7.05 Å². The zero-order valence-electron chi connectivity index (χ0n) is 10.7. The van der Waals surface area contributed by atoms with Crippen molar-refractivity contribution < 1.29 is 4.92 Å². The highest BCUT2D eigenvalue weighted by molar-refractivity contribution is 5.32. The third kappa shape index (κ3) is 1.85. The third-order valence-electron chi connectivity index (χ3n) is 2.87. The number of nitrogens with zero attached hydrogens (tertiary/aromatic N) is 6. The van der Waals surface area contributed by atoms with E-state index in [-0.39, 0.29) is 5.69 Å². The van der Waals surface area contributed by atoms with E-state index >= 15 is 0 Å². The summed E-state index contributed by atoms with van der Waals surface area (Å²) in [7, 11) is 1.72. The van der Waals surface area contributed by atoms with E-state index in [9.17, 15) is 10.1 Å². The van der Waals surface area contributed by atoms with Gasteiger partial charge in [0.2, 0.25) is 0 Å². The summed E-state index contributed by atoms with van der Waals surface area (Å²) in [6.45, 7) is 5.38. The molecule has 2 rings (SSSR count). The van der Waals surface area contributed by atoms with Crippen molar-refractivity contribution in [3.63, 3.8) is 0 Å². The lowest BCUT2D eigenvalue weighted by Gasteiger charge is -2.22. The molecule has 0 aromatic carbocycles.